The van der Waals surface area contributed by atoms with Gasteiger partial charge in [-0.1, -0.05) is 41.9 Å². The van der Waals surface area contributed by atoms with E-state index in [0.717, 1.165) is 48.9 Å². The first-order valence-corrected chi connectivity index (χ1v) is 12.9. The van der Waals surface area contributed by atoms with Crippen molar-refractivity contribution in [1.29, 1.82) is 0 Å². The fraction of sp³-hybridized carbons (Fsp3) is 0.407. The quantitative estimate of drug-likeness (QED) is 0.523. The second-order valence-electron chi connectivity index (χ2n) is 9.06. The van der Waals surface area contributed by atoms with E-state index in [2.05, 4.69) is 28.5 Å². The summed E-state index contributed by atoms with van der Waals surface area (Å²) in [4.78, 5) is 22.9. The number of aryl methyl sites for hydroxylation is 1. The number of hydrogen-bond acceptors (Lipinski definition) is 7. The normalized spacial score (nSPS) is 17.4. The van der Waals surface area contributed by atoms with Crippen molar-refractivity contribution >= 4 is 17.7 Å². The Morgan fingerprint density at radius 3 is 2.75 bits per heavy atom. The fourth-order valence-electron chi connectivity index (χ4n) is 4.74. The third kappa shape index (κ3) is 4.75. The van der Waals surface area contributed by atoms with Crippen molar-refractivity contribution < 1.29 is 9.26 Å². The van der Waals surface area contributed by atoms with Gasteiger partial charge in [0.1, 0.15) is 11.3 Å². The largest absolute Gasteiger partial charge is 0.376 e. The zero-order valence-corrected chi connectivity index (χ0v) is 21.6. The molecule has 0 saturated carbocycles. The monoisotopic (exact) mass is 507 g/mol. The lowest BCUT2D eigenvalue weighted by Gasteiger charge is -2.15. The van der Waals surface area contributed by atoms with E-state index < -0.39 is 0 Å². The van der Waals surface area contributed by atoms with Crippen LogP contribution in [-0.2, 0) is 11.3 Å². The first-order chi connectivity index (χ1) is 17.5. The van der Waals surface area contributed by atoms with E-state index in [9.17, 15) is 4.79 Å². The standard InChI is InChI=1S/C27H30ClN5O3/c1-4-17-8-9-19-13-22(21-11-10-18(14-23(21)28)25-30-16(3)36-32-25)27(34)33(5-2)26(19)31-24(17)29-15-20-7-6-12-35-20/h9-11,13-14,20,29H,4-8,12,15H2,1-3H3. The summed E-state index contributed by atoms with van der Waals surface area (Å²) >= 11 is 6.68. The van der Waals surface area contributed by atoms with Crippen LogP contribution < -0.4 is 21.6 Å². The SMILES string of the molecule is CCC1=C(NCC2CCCO2)N=c2c(cc(-c3ccc(-c4noc(C)n4)cc3Cl)c(=O)n2CC)=CC1. The van der Waals surface area contributed by atoms with Gasteiger partial charge in [0.2, 0.25) is 11.7 Å². The number of ether oxygens (including phenoxy) is 1. The van der Waals surface area contributed by atoms with E-state index >= 15 is 0 Å². The molecule has 0 spiro atoms. The molecule has 1 unspecified atom stereocenters. The van der Waals surface area contributed by atoms with Gasteiger partial charge in [-0.3, -0.25) is 9.36 Å². The highest BCUT2D eigenvalue weighted by atomic mass is 35.5. The van der Waals surface area contributed by atoms with Crippen molar-refractivity contribution in [1.82, 2.24) is 20.0 Å². The number of aromatic nitrogens is 3. The Morgan fingerprint density at radius 2 is 2.08 bits per heavy atom. The molecule has 9 heteroatoms. The summed E-state index contributed by atoms with van der Waals surface area (Å²) in [5, 5.41) is 8.83. The second-order valence-corrected chi connectivity index (χ2v) is 9.47. The summed E-state index contributed by atoms with van der Waals surface area (Å²) < 4.78 is 12.6. The lowest BCUT2D eigenvalue weighted by Crippen LogP contribution is -2.44. The number of halogens is 1. The highest BCUT2D eigenvalue weighted by Gasteiger charge is 2.19. The van der Waals surface area contributed by atoms with Crippen LogP contribution in [0.2, 0.25) is 5.02 Å². The summed E-state index contributed by atoms with van der Waals surface area (Å²) in [5.74, 6) is 1.78. The molecule has 2 aliphatic rings. The van der Waals surface area contributed by atoms with Crippen molar-refractivity contribution in [2.45, 2.75) is 59.1 Å². The van der Waals surface area contributed by atoms with Crippen LogP contribution in [0.5, 0.6) is 0 Å². The Hall–Kier alpha value is -3.23. The summed E-state index contributed by atoms with van der Waals surface area (Å²) in [6, 6.07) is 7.36. The Morgan fingerprint density at radius 1 is 1.22 bits per heavy atom. The van der Waals surface area contributed by atoms with Crippen LogP contribution in [0.1, 0.15) is 45.4 Å². The molecule has 3 aromatic rings. The van der Waals surface area contributed by atoms with E-state index in [0.29, 0.717) is 46.4 Å². The molecule has 1 fully saturated rings. The van der Waals surface area contributed by atoms with Gasteiger partial charge in [-0.15, -0.1) is 0 Å². The van der Waals surface area contributed by atoms with Gasteiger partial charge in [0.15, 0.2) is 0 Å². The number of nitrogens with zero attached hydrogens (tertiary/aromatic N) is 4. The average molecular weight is 508 g/mol. The van der Waals surface area contributed by atoms with Crippen molar-refractivity contribution in [2.75, 3.05) is 13.2 Å². The van der Waals surface area contributed by atoms with Gasteiger partial charge in [-0.05, 0) is 50.3 Å². The molecule has 2 aliphatic heterocycles. The van der Waals surface area contributed by atoms with Crippen LogP contribution in [0.25, 0.3) is 28.6 Å². The zero-order valence-electron chi connectivity index (χ0n) is 20.8. The molecule has 1 atom stereocenters. The molecule has 188 valence electrons. The molecule has 0 aliphatic carbocycles. The minimum absolute atomic E-state index is 0.128. The molecule has 0 radical (unpaired) electrons. The molecule has 36 heavy (non-hydrogen) atoms. The maximum atomic E-state index is 13.7. The first-order valence-electron chi connectivity index (χ1n) is 12.5. The molecule has 4 heterocycles. The van der Waals surface area contributed by atoms with E-state index in [-0.39, 0.29) is 11.7 Å². The third-order valence-electron chi connectivity index (χ3n) is 6.72. The van der Waals surface area contributed by atoms with Crippen LogP contribution in [0.3, 0.4) is 0 Å². The Kier molecular flexibility index (Phi) is 7.07. The minimum atomic E-state index is -0.128. The molecule has 1 N–H and O–H groups in total. The van der Waals surface area contributed by atoms with Gasteiger partial charge in [-0.2, -0.15) is 4.98 Å². The van der Waals surface area contributed by atoms with Crippen molar-refractivity contribution in [3.63, 3.8) is 0 Å². The lowest BCUT2D eigenvalue weighted by molar-refractivity contribution is 0.112. The predicted molar refractivity (Wildman–Crippen MR) is 139 cm³/mol. The van der Waals surface area contributed by atoms with Gasteiger partial charge < -0.3 is 14.6 Å². The number of fused-ring (bicyclic) bond motifs is 1. The topological polar surface area (TPSA) is 94.5 Å². The Balaban J connectivity index is 1.57. The summed E-state index contributed by atoms with van der Waals surface area (Å²) in [6.45, 7) is 7.85. The third-order valence-corrected chi connectivity index (χ3v) is 7.03. The van der Waals surface area contributed by atoms with E-state index in [1.54, 1.807) is 17.6 Å². The van der Waals surface area contributed by atoms with Crippen LogP contribution in [-0.4, -0.2) is 34.0 Å². The van der Waals surface area contributed by atoms with Gasteiger partial charge in [-0.25, -0.2) is 4.99 Å². The van der Waals surface area contributed by atoms with Crippen LogP contribution in [0.4, 0.5) is 0 Å². The summed E-state index contributed by atoms with van der Waals surface area (Å²) in [6.07, 6.45) is 6.13. The molecule has 2 aromatic heterocycles. The van der Waals surface area contributed by atoms with Gasteiger partial charge in [0.25, 0.3) is 5.56 Å². The van der Waals surface area contributed by atoms with E-state index in [1.807, 2.05) is 25.1 Å². The molecule has 1 saturated heterocycles. The average Bonchev–Trinajstić information content (AvgIpc) is 3.52. The number of benzene rings is 1. The molecule has 8 nitrogen and oxygen atoms in total. The highest BCUT2D eigenvalue weighted by molar-refractivity contribution is 6.33. The van der Waals surface area contributed by atoms with E-state index in [1.165, 1.54) is 5.57 Å². The maximum absolute atomic E-state index is 13.7. The second kappa shape index (κ2) is 10.4. The smallest absolute Gasteiger partial charge is 0.260 e. The summed E-state index contributed by atoms with van der Waals surface area (Å²) in [5.41, 5.74) is 3.67. The number of hydrogen-bond donors (Lipinski definition) is 1. The van der Waals surface area contributed by atoms with Crippen molar-refractivity contribution in [2.24, 2.45) is 4.99 Å². The summed E-state index contributed by atoms with van der Waals surface area (Å²) in [7, 11) is 0. The predicted octanol–water partition coefficient (Wildman–Crippen LogP) is 3.74. The molecular formula is C27H30ClN5O3. The van der Waals surface area contributed by atoms with Gasteiger partial charge in [0.05, 0.1) is 6.10 Å². The molecule has 5 rings (SSSR count). The molecule has 1 aromatic carbocycles. The van der Waals surface area contributed by atoms with Gasteiger partial charge in [0, 0.05) is 53.6 Å². The Labute approximate surface area is 214 Å². The molecular weight excluding hydrogens is 478 g/mol. The Bertz CT molecular complexity index is 1500. The number of allylic oxidation sites excluding steroid dienone is 1. The molecule has 0 bridgehead atoms. The number of nitrogens with one attached hydrogen (secondary N) is 1. The first kappa shape index (κ1) is 24.5. The zero-order chi connectivity index (χ0) is 25.2. The lowest BCUT2D eigenvalue weighted by atomic mass is 10.0. The van der Waals surface area contributed by atoms with Gasteiger partial charge >= 0.3 is 0 Å². The van der Waals surface area contributed by atoms with Crippen molar-refractivity contribution in [3.05, 3.63) is 67.6 Å². The fourth-order valence-corrected chi connectivity index (χ4v) is 5.02. The number of pyridine rings is 1. The molecule has 0 amide bonds. The van der Waals surface area contributed by atoms with Crippen LogP contribution in [0, 0.1) is 6.92 Å². The maximum Gasteiger partial charge on any atom is 0.260 e. The number of rotatable bonds is 7. The van der Waals surface area contributed by atoms with Crippen LogP contribution >= 0.6 is 11.6 Å². The van der Waals surface area contributed by atoms with Crippen LogP contribution in [0.15, 0.2) is 50.0 Å². The van der Waals surface area contributed by atoms with E-state index in [4.69, 9.17) is 25.9 Å². The highest BCUT2D eigenvalue weighted by Crippen LogP contribution is 2.29. The minimum Gasteiger partial charge on any atom is -0.376 e. The van der Waals surface area contributed by atoms with Crippen molar-refractivity contribution in [3.8, 4) is 22.5 Å².